The first kappa shape index (κ1) is 15.4. The summed E-state index contributed by atoms with van der Waals surface area (Å²) in [7, 11) is 0. The lowest BCUT2D eigenvalue weighted by atomic mass is 10.1. The van der Waals surface area contributed by atoms with Gasteiger partial charge in [0.05, 0.1) is 24.5 Å². The second-order valence-electron chi connectivity index (χ2n) is 5.76. The smallest absolute Gasteiger partial charge is 0.291 e. The van der Waals surface area contributed by atoms with Crippen LogP contribution in [0.25, 0.3) is 10.8 Å². The van der Waals surface area contributed by atoms with Gasteiger partial charge in [0.1, 0.15) is 6.04 Å². The second-order valence-corrected chi connectivity index (χ2v) is 6.20. The third-order valence-corrected chi connectivity index (χ3v) is 4.55. The van der Waals surface area contributed by atoms with E-state index in [1.54, 1.807) is 41.6 Å². The van der Waals surface area contributed by atoms with Crippen molar-refractivity contribution in [1.29, 1.82) is 5.26 Å². The number of carbonyl (C=O) groups is 1. The first-order valence-electron chi connectivity index (χ1n) is 7.77. The predicted octanol–water partition coefficient (Wildman–Crippen LogP) is 4.23. The van der Waals surface area contributed by atoms with Crippen LogP contribution < -0.4 is 9.80 Å². The molecule has 25 heavy (non-hydrogen) atoms. The first-order chi connectivity index (χ1) is 12.2. The maximum atomic E-state index is 13.0. The molecule has 2 amide bonds. The molecule has 2 heterocycles. The van der Waals surface area contributed by atoms with Gasteiger partial charge in [-0.25, -0.2) is 4.79 Å². The highest BCUT2D eigenvalue weighted by Crippen LogP contribution is 2.33. The summed E-state index contributed by atoms with van der Waals surface area (Å²) >= 11 is 5.93. The van der Waals surface area contributed by atoms with Crippen LogP contribution in [0.3, 0.4) is 0 Å². The fourth-order valence-corrected chi connectivity index (χ4v) is 3.22. The van der Waals surface area contributed by atoms with E-state index in [9.17, 15) is 10.1 Å². The molecule has 0 unspecified atom stereocenters. The van der Waals surface area contributed by atoms with Crippen LogP contribution in [0.15, 0.2) is 60.9 Å². The zero-order valence-corrected chi connectivity index (χ0v) is 13.9. The monoisotopic (exact) mass is 348 g/mol. The highest BCUT2D eigenvalue weighted by molar-refractivity contribution is 6.30. The van der Waals surface area contributed by atoms with Gasteiger partial charge in [-0.3, -0.25) is 14.8 Å². The molecule has 6 heteroatoms. The van der Waals surface area contributed by atoms with Crippen LogP contribution in [0.2, 0.25) is 5.02 Å². The zero-order valence-electron chi connectivity index (χ0n) is 13.1. The minimum Gasteiger partial charge on any atom is -0.291 e. The lowest BCUT2D eigenvalue weighted by Gasteiger charge is -2.21. The molecule has 0 bridgehead atoms. The predicted molar refractivity (Wildman–Crippen MR) is 97.8 cm³/mol. The normalized spacial score (nSPS) is 17.1. The van der Waals surface area contributed by atoms with Gasteiger partial charge in [0.2, 0.25) is 0 Å². The number of anilines is 2. The number of fused-ring (bicyclic) bond motifs is 1. The van der Waals surface area contributed by atoms with Crippen molar-refractivity contribution >= 4 is 39.8 Å². The van der Waals surface area contributed by atoms with E-state index in [-0.39, 0.29) is 6.03 Å². The van der Waals surface area contributed by atoms with Crippen LogP contribution in [-0.2, 0) is 0 Å². The number of pyridine rings is 1. The molecule has 5 nitrogen and oxygen atoms in total. The van der Waals surface area contributed by atoms with Gasteiger partial charge in [0, 0.05) is 27.7 Å². The molecule has 1 aromatic heterocycles. The highest BCUT2D eigenvalue weighted by atomic mass is 35.5. The van der Waals surface area contributed by atoms with Crippen LogP contribution in [0.1, 0.15) is 0 Å². The number of amides is 2. The SMILES string of the molecule is N#C[C@@H]1CN(c2ccc(Cl)cc2)C(=O)N1c1cncc2ccccc12. The van der Waals surface area contributed by atoms with Crippen molar-refractivity contribution in [1.82, 2.24) is 4.98 Å². The average Bonchev–Trinajstić information content (AvgIpc) is 2.98. The van der Waals surface area contributed by atoms with E-state index in [4.69, 9.17) is 11.6 Å². The minimum absolute atomic E-state index is 0.243. The van der Waals surface area contributed by atoms with E-state index in [1.165, 1.54) is 4.90 Å². The third-order valence-electron chi connectivity index (χ3n) is 4.30. The number of benzene rings is 2. The van der Waals surface area contributed by atoms with Crippen LogP contribution in [-0.4, -0.2) is 23.6 Å². The fraction of sp³-hybridized carbons (Fsp3) is 0.105. The molecular formula is C19H13ClN4O. The molecule has 1 saturated heterocycles. The van der Waals surface area contributed by atoms with Crippen molar-refractivity contribution < 1.29 is 4.79 Å². The number of halogens is 1. The van der Waals surface area contributed by atoms with Gasteiger partial charge < -0.3 is 0 Å². The molecule has 1 fully saturated rings. The molecule has 0 aliphatic carbocycles. The lowest BCUT2D eigenvalue weighted by Crippen LogP contribution is -2.34. The Bertz CT molecular complexity index is 991. The number of rotatable bonds is 2. The Labute approximate surface area is 149 Å². The number of carbonyl (C=O) groups excluding carboxylic acids is 1. The quantitative estimate of drug-likeness (QED) is 0.696. The van der Waals surface area contributed by atoms with Crippen molar-refractivity contribution in [2.75, 3.05) is 16.3 Å². The molecule has 0 N–H and O–H groups in total. The molecule has 1 atom stereocenters. The molecule has 3 aromatic rings. The summed E-state index contributed by atoms with van der Waals surface area (Å²) in [5, 5.41) is 12.0. The Morgan fingerprint density at radius 3 is 2.64 bits per heavy atom. The number of aromatic nitrogens is 1. The third kappa shape index (κ3) is 2.57. The number of nitrogens with zero attached hydrogens (tertiary/aromatic N) is 4. The minimum atomic E-state index is -0.587. The Morgan fingerprint density at radius 2 is 1.88 bits per heavy atom. The van der Waals surface area contributed by atoms with Crippen LogP contribution in [0, 0.1) is 11.3 Å². The molecule has 1 aliphatic rings. The van der Waals surface area contributed by atoms with E-state index >= 15 is 0 Å². The second kappa shape index (κ2) is 6.08. The van der Waals surface area contributed by atoms with Crippen LogP contribution in [0.4, 0.5) is 16.2 Å². The van der Waals surface area contributed by atoms with E-state index in [1.807, 2.05) is 24.3 Å². The number of hydrogen-bond donors (Lipinski definition) is 0. The first-order valence-corrected chi connectivity index (χ1v) is 8.15. The zero-order chi connectivity index (χ0) is 17.4. The van der Waals surface area contributed by atoms with Crippen molar-refractivity contribution in [2.24, 2.45) is 0 Å². The summed E-state index contributed by atoms with van der Waals surface area (Å²) in [4.78, 5) is 20.4. The van der Waals surface area contributed by atoms with Crippen LogP contribution >= 0.6 is 11.6 Å². The summed E-state index contributed by atoms with van der Waals surface area (Å²) in [6.07, 6.45) is 3.38. The van der Waals surface area contributed by atoms with Crippen molar-refractivity contribution in [3.05, 3.63) is 65.9 Å². The number of urea groups is 1. The van der Waals surface area contributed by atoms with Gasteiger partial charge in [0.25, 0.3) is 0 Å². The standard InChI is InChI=1S/C19H13ClN4O/c20-14-5-7-15(8-6-14)23-12-16(9-21)24(19(23)25)18-11-22-10-13-3-1-2-4-17(13)18/h1-8,10-11,16H,12H2/t16-/m1/s1. The van der Waals surface area contributed by atoms with Gasteiger partial charge in [-0.05, 0) is 24.3 Å². The van der Waals surface area contributed by atoms with E-state index in [0.29, 0.717) is 22.9 Å². The largest absolute Gasteiger partial charge is 0.330 e. The van der Waals surface area contributed by atoms with Crippen molar-refractivity contribution in [3.8, 4) is 6.07 Å². The summed E-state index contributed by atoms with van der Waals surface area (Å²) in [5.74, 6) is 0. The fourth-order valence-electron chi connectivity index (χ4n) is 3.09. The van der Waals surface area contributed by atoms with E-state index in [2.05, 4.69) is 11.1 Å². The maximum Gasteiger partial charge on any atom is 0.330 e. The number of hydrogen-bond acceptors (Lipinski definition) is 3. The number of nitriles is 1. The Morgan fingerprint density at radius 1 is 1.12 bits per heavy atom. The summed E-state index contributed by atoms with van der Waals surface area (Å²) in [6.45, 7) is 0.292. The van der Waals surface area contributed by atoms with Gasteiger partial charge in [-0.15, -0.1) is 0 Å². The molecule has 2 aromatic carbocycles. The van der Waals surface area contributed by atoms with E-state index in [0.717, 1.165) is 10.8 Å². The summed E-state index contributed by atoms with van der Waals surface area (Å²) in [6, 6.07) is 16.1. The van der Waals surface area contributed by atoms with Crippen molar-refractivity contribution in [3.63, 3.8) is 0 Å². The van der Waals surface area contributed by atoms with Crippen LogP contribution in [0.5, 0.6) is 0 Å². The molecule has 4 rings (SSSR count). The van der Waals surface area contributed by atoms with Gasteiger partial charge in [-0.1, -0.05) is 35.9 Å². The topological polar surface area (TPSA) is 60.2 Å². The van der Waals surface area contributed by atoms with Gasteiger partial charge in [0.15, 0.2) is 0 Å². The highest BCUT2D eigenvalue weighted by Gasteiger charge is 2.40. The van der Waals surface area contributed by atoms with Crippen molar-refractivity contribution in [2.45, 2.75) is 6.04 Å². The molecule has 1 aliphatic heterocycles. The Hall–Kier alpha value is -3.10. The Kier molecular flexibility index (Phi) is 3.75. The Balaban J connectivity index is 1.80. The molecule has 0 radical (unpaired) electrons. The van der Waals surface area contributed by atoms with E-state index < -0.39 is 6.04 Å². The van der Waals surface area contributed by atoms with Gasteiger partial charge in [-0.2, -0.15) is 5.26 Å². The molecule has 0 saturated carbocycles. The summed E-state index contributed by atoms with van der Waals surface area (Å²) < 4.78 is 0. The summed E-state index contributed by atoms with van der Waals surface area (Å²) in [5.41, 5.74) is 1.36. The van der Waals surface area contributed by atoms with Gasteiger partial charge >= 0.3 is 6.03 Å². The lowest BCUT2D eigenvalue weighted by molar-refractivity contribution is 0.255. The molecule has 122 valence electrons. The maximum absolute atomic E-state index is 13.0. The molecular weight excluding hydrogens is 336 g/mol. The molecule has 0 spiro atoms. The average molecular weight is 349 g/mol.